The van der Waals surface area contributed by atoms with Gasteiger partial charge in [0.15, 0.2) is 0 Å². The number of nitrogen functional groups attached to an aromatic ring is 1. The van der Waals surface area contributed by atoms with E-state index in [1.165, 1.54) is 5.56 Å². The molecule has 0 spiro atoms. The summed E-state index contributed by atoms with van der Waals surface area (Å²) in [6.07, 6.45) is 6.59. The number of benzene rings is 2. The Balaban J connectivity index is 1.57. The highest BCUT2D eigenvalue weighted by Gasteiger charge is 2.44. The Morgan fingerprint density at radius 1 is 1.09 bits per heavy atom. The van der Waals surface area contributed by atoms with Gasteiger partial charge in [-0.05, 0) is 30.0 Å². The first-order valence-electron chi connectivity index (χ1n) is 11.2. The Morgan fingerprint density at radius 3 is 2.48 bits per heavy atom. The maximum absolute atomic E-state index is 13.2. The quantitative estimate of drug-likeness (QED) is 0.375. The van der Waals surface area contributed by atoms with E-state index in [0.717, 1.165) is 46.9 Å². The number of fused-ring (bicyclic) bond motifs is 1. The van der Waals surface area contributed by atoms with Crippen molar-refractivity contribution in [2.45, 2.75) is 24.7 Å². The molecule has 1 fully saturated rings. The zero-order valence-corrected chi connectivity index (χ0v) is 18.6. The average molecular weight is 442 g/mol. The number of ether oxygens (including phenoxy) is 1. The summed E-state index contributed by atoms with van der Waals surface area (Å²) in [5, 5.41) is 4.09. The van der Waals surface area contributed by atoms with Gasteiger partial charge in [0.05, 0.1) is 6.61 Å². The fourth-order valence-corrected chi connectivity index (χ4v) is 4.85. The number of hydrogen-bond acceptors (Lipinski definition) is 5. The molecule has 0 atom stereocenters. The van der Waals surface area contributed by atoms with Crippen LogP contribution in [-0.2, 0) is 10.2 Å². The van der Waals surface area contributed by atoms with Crippen molar-refractivity contribution in [2.75, 3.05) is 26.0 Å². The Labute approximate surface area is 192 Å². The standard InChI is InChI=1S/C26H27N5O2/c1-33-14-13-28-24(32)23-22(20-5-2-3-6-21(20)31-23)26(11-4-12-26)19-9-7-17(8-10-19)18-15-29-25(27)30-16-18/h2-3,5-10,15-16,31H,4,11-14H2,1H3,(H,28,32)(H2,27,29,30). The van der Waals surface area contributed by atoms with Crippen LogP contribution in [-0.4, -0.2) is 41.1 Å². The number of aromatic amines is 1. The van der Waals surface area contributed by atoms with Crippen LogP contribution in [0.3, 0.4) is 0 Å². The van der Waals surface area contributed by atoms with Gasteiger partial charge in [-0.1, -0.05) is 48.9 Å². The molecule has 0 bridgehead atoms. The lowest BCUT2D eigenvalue weighted by Crippen LogP contribution is -2.38. The molecule has 2 aromatic carbocycles. The highest BCUT2D eigenvalue weighted by molar-refractivity contribution is 6.02. The first kappa shape index (κ1) is 21.2. The van der Waals surface area contributed by atoms with Crippen LogP contribution in [0, 0.1) is 0 Å². The number of H-pyrrole nitrogens is 1. The molecule has 1 aliphatic carbocycles. The number of hydrogen-bond donors (Lipinski definition) is 3. The largest absolute Gasteiger partial charge is 0.383 e. The first-order valence-corrected chi connectivity index (χ1v) is 11.2. The van der Waals surface area contributed by atoms with Gasteiger partial charge in [0.1, 0.15) is 5.69 Å². The molecule has 0 aliphatic heterocycles. The second kappa shape index (κ2) is 8.67. The lowest BCUT2D eigenvalue weighted by Gasteiger charge is -2.43. The van der Waals surface area contributed by atoms with E-state index >= 15 is 0 Å². The monoisotopic (exact) mass is 441 g/mol. The molecule has 7 nitrogen and oxygen atoms in total. The summed E-state index contributed by atoms with van der Waals surface area (Å²) in [6, 6.07) is 16.7. The third-order valence-corrected chi connectivity index (χ3v) is 6.65. The van der Waals surface area contributed by atoms with Gasteiger partial charge < -0.3 is 20.8 Å². The molecule has 2 aromatic heterocycles. The van der Waals surface area contributed by atoms with E-state index in [1.54, 1.807) is 19.5 Å². The van der Waals surface area contributed by atoms with Crippen molar-refractivity contribution in [1.82, 2.24) is 20.3 Å². The zero-order valence-electron chi connectivity index (χ0n) is 18.6. The van der Waals surface area contributed by atoms with Gasteiger partial charge in [-0.25, -0.2) is 9.97 Å². The molecule has 0 radical (unpaired) electrons. The number of carbonyl (C=O) groups excluding carboxylic acids is 1. The summed E-state index contributed by atoms with van der Waals surface area (Å²) in [5.74, 6) is 0.166. The van der Waals surface area contributed by atoms with Crippen LogP contribution in [0.1, 0.15) is 40.9 Å². The molecular weight excluding hydrogens is 414 g/mol. The van der Waals surface area contributed by atoms with E-state index in [9.17, 15) is 4.79 Å². The number of para-hydroxylation sites is 1. The van der Waals surface area contributed by atoms with Crippen molar-refractivity contribution in [3.8, 4) is 11.1 Å². The van der Waals surface area contributed by atoms with Crippen LogP contribution in [0.2, 0.25) is 0 Å². The number of nitrogens with two attached hydrogens (primary N) is 1. The number of carbonyl (C=O) groups is 1. The van der Waals surface area contributed by atoms with Gasteiger partial charge in [0.2, 0.25) is 5.95 Å². The second-order valence-electron chi connectivity index (χ2n) is 8.51. The van der Waals surface area contributed by atoms with Gasteiger partial charge in [-0.15, -0.1) is 0 Å². The van der Waals surface area contributed by atoms with Crippen LogP contribution in [0.4, 0.5) is 5.95 Å². The summed E-state index contributed by atoms with van der Waals surface area (Å²) in [6.45, 7) is 0.943. The molecule has 7 heteroatoms. The van der Waals surface area contributed by atoms with Crippen molar-refractivity contribution >= 4 is 22.8 Å². The number of methoxy groups -OCH3 is 1. The average Bonchev–Trinajstić information content (AvgIpc) is 3.20. The van der Waals surface area contributed by atoms with Crippen LogP contribution in [0.15, 0.2) is 60.9 Å². The molecule has 5 rings (SSSR count). The molecule has 4 aromatic rings. The van der Waals surface area contributed by atoms with Gasteiger partial charge in [-0.3, -0.25) is 4.79 Å². The number of rotatable bonds is 7. The highest BCUT2D eigenvalue weighted by Crippen LogP contribution is 2.52. The first-order chi connectivity index (χ1) is 16.1. The third kappa shape index (κ3) is 3.74. The van der Waals surface area contributed by atoms with Crippen molar-refractivity contribution in [1.29, 1.82) is 0 Å². The topological polar surface area (TPSA) is 106 Å². The summed E-state index contributed by atoms with van der Waals surface area (Å²) in [7, 11) is 1.63. The van der Waals surface area contributed by atoms with Gasteiger partial charge >= 0.3 is 0 Å². The van der Waals surface area contributed by atoms with E-state index in [-0.39, 0.29) is 17.3 Å². The molecule has 4 N–H and O–H groups in total. The van der Waals surface area contributed by atoms with Crippen LogP contribution >= 0.6 is 0 Å². The number of amides is 1. The predicted molar refractivity (Wildman–Crippen MR) is 129 cm³/mol. The summed E-state index contributed by atoms with van der Waals surface area (Å²) >= 11 is 0. The smallest absolute Gasteiger partial charge is 0.268 e. The molecule has 33 heavy (non-hydrogen) atoms. The number of nitrogens with one attached hydrogen (secondary N) is 2. The maximum atomic E-state index is 13.2. The van der Waals surface area contributed by atoms with Crippen molar-refractivity contribution < 1.29 is 9.53 Å². The lowest BCUT2D eigenvalue weighted by molar-refractivity contribution is 0.0929. The van der Waals surface area contributed by atoms with E-state index < -0.39 is 0 Å². The fraction of sp³-hybridized carbons (Fsp3) is 0.269. The minimum Gasteiger partial charge on any atom is -0.383 e. The molecular formula is C26H27N5O2. The normalized spacial score (nSPS) is 14.7. The number of nitrogens with zero attached hydrogens (tertiary/aromatic N) is 2. The van der Waals surface area contributed by atoms with Crippen molar-refractivity contribution in [2.24, 2.45) is 0 Å². The SMILES string of the molecule is COCCNC(=O)c1[nH]c2ccccc2c1C1(c2ccc(-c3cnc(N)nc3)cc2)CCC1. The summed E-state index contributed by atoms with van der Waals surface area (Å²) < 4.78 is 5.10. The molecule has 1 aliphatic rings. The number of anilines is 1. The minimum atomic E-state index is -0.205. The second-order valence-corrected chi connectivity index (χ2v) is 8.51. The van der Waals surface area contributed by atoms with E-state index in [0.29, 0.717) is 18.8 Å². The summed E-state index contributed by atoms with van der Waals surface area (Å²) in [5.41, 5.74) is 11.3. The van der Waals surface area contributed by atoms with E-state index in [1.807, 2.05) is 18.2 Å². The van der Waals surface area contributed by atoms with Crippen molar-refractivity contribution in [3.63, 3.8) is 0 Å². The fourth-order valence-electron chi connectivity index (χ4n) is 4.85. The Kier molecular flexibility index (Phi) is 5.56. The molecule has 0 unspecified atom stereocenters. The lowest BCUT2D eigenvalue weighted by atomic mass is 9.59. The Hall–Kier alpha value is -3.71. The van der Waals surface area contributed by atoms with Crippen LogP contribution in [0.25, 0.3) is 22.0 Å². The van der Waals surface area contributed by atoms with Gasteiger partial charge in [0.25, 0.3) is 5.91 Å². The molecule has 1 amide bonds. The van der Waals surface area contributed by atoms with Gasteiger partial charge in [0, 0.05) is 53.5 Å². The molecule has 0 saturated heterocycles. The number of aromatic nitrogens is 3. The van der Waals surface area contributed by atoms with Crippen molar-refractivity contribution in [3.05, 3.63) is 77.7 Å². The zero-order chi connectivity index (χ0) is 22.8. The summed E-state index contributed by atoms with van der Waals surface area (Å²) in [4.78, 5) is 24.8. The minimum absolute atomic E-state index is 0.0971. The van der Waals surface area contributed by atoms with E-state index in [4.69, 9.17) is 10.5 Å². The van der Waals surface area contributed by atoms with Crippen LogP contribution in [0.5, 0.6) is 0 Å². The predicted octanol–water partition coefficient (Wildman–Crippen LogP) is 4.05. The highest BCUT2D eigenvalue weighted by atomic mass is 16.5. The van der Waals surface area contributed by atoms with E-state index in [2.05, 4.69) is 50.6 Å². The maximum Gasteiger partial charge on any atom is 0.268 e. The molecule has 1 saturated carbocycles. The van der Waals surface area contributed by atoms with Gasteiger partial charge in [-0.2, -0.15) is 0 Å². The Bertz CT molecular complexity index is 1270. The molecule has 2 heterocycles. The third-order valence-electron chi connectivity index (χ3n) is 6.65. The molecule has 168 valence electrons. The Morgan fingerprint density at radius 2 is 1.82 bits per heavy atom. The van der Waals surface area contributed by atoms with Crippen LogP contribution < -0.4 is 11.1 Å².